The van der Waals surface area contributed by atoms with Crippen molar-refractivity contribution < 1.29 is 9.53 Å². The minimum Gasteiger partial charge on any atom is -0.444 e. The molecule has 2 aliphatic rings. The van der Waals surface area contributed by atoms with Gasteiger partial charge in [0.1, 0.15) is 6.10 Å². The molecule has 1 saturated carbocycles. The van der Waals surface area contributed by atoms with Gasteiger partial charge in [0, 0.05) is 0 Å². The molecule has 13 heavy (non-hydrogen) atoms. The number of hydrogen-bond acceptors (Lipinski definition) is 2. The largest absolute Gasteiger partial charge is 0.444 e. The van der Waals surface area contributed by atoms with Gasteiger partial charge in [0.25, 0.3) is 0 Å². The van der Waals surface area contributed by atoms with Gasteiger partial charge < -0.3 is 10.1 Å². The van der Waals surface area contributed by atoms with E-state index in [2.05, 4.69) is 5.32 Å². The van der Waals surface area contributed by atoms with Crippen LogP contribution in [0.2, 0.25) is 0 Å². The summed E-state index contributed by atoms with van der Waals surface area (Å²) in [5, 5.41) is 2.80. The van der Waals surface area contributed by atoms with E-state index in [-0.39, 0.29) is 18.2 Å². The van der Waals surface area contributed by atoms with Crippen LogP contribution in [0.5, 0.6) is 0 Å². The van der Waals surface area contributed by atoms with E-state index < -0.39 is 0 Å². The van der Waals surface area contributed by atoms with Crippen molar-refractivity contribution in [2.75, 3.05) is 0 Å². The van der Waals surface area contributed by atoms with E-state index in [1.54, 1.807) is 0 Å². The maximum Gasteiger partial charge on any atom is 0.407 e. The summed E-state index contributed by atoms with van der Waals surface area (Å²) < 4.78 is 5.26. The van der Waals surface area contributed by atoms with Gasteiger partial charge in [0.15, 0.2) is 0 Å². The minimum absolute atomic E-state index is 0.132. The number of hydrogen-bond donors (Lipinski definition) is 1. The molecule has 3 nitrogen and oxygen atoms in total. The van der Waals surface area contributed by atoms with Gasteiger partial charge in [0.05, 0.1) is 6.04 Å². The SMILES string of the molecule is C[C@H]1NC(=O)O[C@@H]1C1CCCCC1. The molecule has 1 N–H and O–H groups in total. The fourth-order valence-corrected chi connectivity index (χ4v) is 2.49. The molecule has 1 aliphatic carbocycles. The van der Waals surface area contributed by atoms with Crippen LogP contribution in [0.15, 0.2) is 0 Å². The second-order valence-corrected chi connectivity index (χ2v) is 4.20. The summed E-state index contributed by atoms with van der Waals surface area (Å²) >= 11 is 0. The number of carbonyl (C=O) groups is 1. The summed E-state index contributed by atoms with van der Waals surface area (Å²) in [7, 11) is 0. The second kappa shape index (κ2) is 3.56. The maximum atomic E-state index is 11.0. The Kier molecular flexibility index (Phi) is 2.42. The zero-order valence-corrected chi connectivity index (χ0v) is 8.08. The number of rotatable bonds is 1. The van der Waals surface area contributed by atoms with E-state index in [9.17, 15) is 4.79 Å². The van der Waals surface area contributed by atoms with Crippen molar-refractivity contribution in [3.05, 3.63) is 0 Å². The first-order chi connectivity index (χ1) is 6.27. The molecule has 0 aromatic carbocycles. The molecule has 2 rings (SSSR count). The molecule has 0 bridgehead atoms. The highest BCUT2D eigenvalue weighted by atomic mass is 16.6. The smallest absolute Gasteiger partial charge is 0.407 e. The monoisotopic (exact) mass is 183 g/mol. The summed E-state index contributed by atoms with van der Waals surface area (Å²) in [6.45, 7) is 2.03. The van der Waals surface area contributed by atoms with Gasteiger partial charge in [-0.15, -0.1) is 0 Å². The normalized spacial score (nSPS) is 35.6. The lowest BCUT2D eigenvalue weighted by Gasteiger charge is -2.27. The molecule has 0 aromatic rings. The summed E-state index contributed by atoms with van der Waals surface area (Å²) in [4.78, 5) is 11.0. The van der Waals surface area contributed by atoms with Crippen LogP contribution in [0.25, 0.3) is 0 Å². The van der Waals surface area contributed by atoms with Crippen LogP contribution < -0.4 is 5.32 Å². The standard InChI is InChI=1S/C10H17NO2/c1-7-9(13-10(12)11-7)8-5-3-2-4-6-8/h7-9H,2-6H2,1H3,(H,11,12)/t7-,9+/m1/s1. The number of carbonyl (C=O) groups excluding carboxylic acids is 1. The van der Waals surface area contributed by atoms with Gasteiger partial charge in [-0.25, -0.2) is 4.79 Å². The average molecular weight is 183 g/mol. The second-order valence-electron chi connectivity index (χ2n) is 4.20. The van der Waals surface area contributed by atoms with Crippen LogP contribution in [-0.4, -0.2) is 18.2 Å². The van der Waals surface area contributed by atoms with Crippen molar-refractivity contribution in [3.8, 4) is 0 Å². The van der Waals surface area contributed by atoms with Crippen molar-refractivity contribution in [2.24, 2.45) is 5.92 Å². The molecule has 1 heterocycles. The third-order valence-electron chi connectivity index (χ3n) is 3.20. The predicted octanol–water partition coefficient (Wildman–Crippen LogP) is 2.06. The van der Waals surface area contributed by atoms with Crippen molar-refractivity contribution in [1.82, 2.24) is 5.32 Å². The molecule has 2 fully saturated rings. The zero-order valence-electron chi connectivity index (χ0n) is 8.08. The van der Waals surface area contributed by atoms with Gasteiger partial charge >= 0.3 is 6.09 Å². The van der Waals surface area contributed by atoms with Crippen LogP contribution in [0.3, 0.4) is 0 Å². The number of nitrogens with one attached hydrogen (secondary N) is 1. The van der Waals surface area contributed by atoms with Gasteiger partial charge in [0.2, 0.25) is 0 Å². The van der Waals surface area contributed by atoms with Gasteiger partial charge in [-0.2, -0.15) is 0 Å². The minimum atomic E-state index is -0.233. The fraction of sp³-hybridized carbons (Fsp3) is 0.900. The lowest BCUT2D eigenvalue weighted by Crippen LogP contribution is -2.34. The number of ether oxygens (including phenoxy) is 1. The van der Waals surface area contributed by atoms with Crippen LogP contribution in [0, 0.1) is 5.92 Å². The Bertz CT molecular complexity index is 199. The van der Waals surface area contributed by atoms with Crippen LogP contribution in [0.4, 0.5) is 4.79 Å². The van der Waals surface area contributed by atoms with Crippen LogP contribution >= 0.6 is 0 Å². The Labute approximate surface area is 78.8 Å². The lowest BCUT2D eigenvalue weighted by molar-refractivity contribution is 0.0766. The van der Waals surface area contributed by atoms with E-state index >= 15 is 0 Å². The molecule has 0 spiro atoms. The van der Waals surface area contributed by atoms with E-state index in [1.165, 1.54) is 32.1 Å². The Balaban J connectivity index is 1.95. The number of alkyl carbamates (subject to hydrolysis) is 1. The highest BCUT2D eigenvalue weighted by Gasteiger charge is 2.36. The molecule has 1 amide bonds. The fourth-order valence-electron chi connectivity index (χ4n) is 2.49. The van der Waals surface area contributed by atoms with Gasteiger partial charge in [-0.05, 0) is 25.7 Å². The average Bonchev–Trinajstić information content (AvgIpc) is 2.47. The lowest BCUT2D eigenvalue weighted by atomic mass is 9.83. The highest BCUT2D eigenvalue weighted by molar-refractivity contribution is 5.70. The third-order valence-corrected chi connectivity index (χ3v) is 3.20. The summed E-state index contributed by atoms with van der Waals surface area (Å²) in [5.74, 6) is 0.600. The molecule has 0 radical (unpaired) electrons. The van der Waals surface area contributed by atoms with E-state index in [0.717, 1.165) is 0 Å². The van der Waals surface area contributed by atoms with Crippen molar-refractivity contribution in [3.63, 3.8) is 0 Å². The number of cyclic esters (lactones) is 1. The molecule has 0 aromatic heterocycles. The number of amides is 1. The molecule has 74 valence electrons. The molecule has 1 saturated heterocycles. The van der Waals surface area contributed by atoms with Crippen LogP contribution in [-0.2, 0) is 4.74 Å². The summed E-state index contributed by atoms with van der Waals surface area (Å²) in [6.07, 6.45) is 6.29. The quantitative estimate of drug-likeness (QED) is 0.675. The summed E-state index contributed by atoms with van der Waals surface area (Å²) in [5.41, 5.74) is 0. The van der Waals surface area contributed by atoms with Gasteiger partial charge in [-0.3, -0.25) is 0 Å². The van der Waals surface area contributed by atoms with E-state index in [1.807, 2.05) is 6.92 Å². The molecule has 0 unspecified atom stereocenters. The first kappa shape index (κ1) is 8.85. The van der Waals surface area contributed by atoms with Crippen molar-refractivity contribution in [2.45, 2.75) is 51.2 Å². The van der Waals surface area contributed by atoms with Crippen molar-refractivity contribution in [1.29, 1.82) is 0 Å². The Morgan fingerprint density at radius 3 is 2.54 bits per heavy atom. The summed E-state index contributed by atoms with van der Waals surface area (Å²) in [6, 6.07) is 0.204. The highest BCUT2D eigenvalue weighted by Crippen LogP contribution is 2.31. The Morgan fingerprint density at radius 2 is 2.00 bits per heavy atom. The molecular weight excluding hydrogens is 166 g/mol. The molecule has 2 atom stereocenters. The van der Waals surface area contributed by atoms with Crippen LogP contribution in [0.1, 0.15) is 39.0 Å². The topological polar surface area (TPSA) is 38.3 Å². The van der Waals surface area contributed by atoms with Crippen molar-refractivity contribution >= 4 is 6.09 Å². The first-order valence-corrected chi connectivity index (χ1v) is 5.24. The third kappa shape index (κ3) is 1.79. The predicted molar refractivity (Wildman–Crippen MR) is 49.4 cm³/mol. The Hall–Kier alpha value is -0.730. The van der Waals surface area contributed by atoms with Gasteiger partial charge in [-0.1, -0.05) is 19.3 Å². The Morgan fingerprint density at radius 1 is 1.31 bits per heavy atom. The zero-order chi connectivity index (χ0) is 9.26. The molecular formula is C10H17NO2. The van der Waals surface area contributed by atoms with E-state index in [4.69, 9.17) is 4.74 Å². The maximum absolute atomic E-state index is 11.0. The van der Waals surface area contributed by atoms with E-state index in [0.29, 0.717) is 5.92 Å². The molecule has 1 aliphatic heterocycles. The molecule has 3 heteroatoms. The first-order valence-electron chi connectivity index (χ1n) is 5.24.